The Morgan fingerprint density at radius 1 is 1.27 bits per heavy atom. The number of amides is 1. The maximum atomic E-state index is 12.4. The fourth-order valence-electron chi connectivity index (χ4n) is 2.84. The highest BCUT2D eigenvalue weighted by atomic mass is 79.9. The smallest absolute Gasteiger partial charge is 0.226 e. The van der Waals surface area contributed by atoms with Gasteiger partial charge in [0.25, 0.3) is 0 Å². The summed E-state index contributed by atoms with van der Waals surface area (Å²) in [4.78, 5) is 26.4. The van der Waals surface area contributed by atoms with Crippen LogP contribution in [0.25, 0.3) is 0 Å². The Labute approximate surface area is 141 Å². The molecule has 0 saturated heterocycles. The number of hydrogen-bond donors (Lipinski definition) is 0. The summed E-state index contributed by atoms with van der Waals surface area (Å²) in [5.41, 5.74) is 2.85. The van der Waals surface area contributed by atoms with Crippen molar-refractivity contribution in [3.05, 3.63) is 29.3 Å². The fourth-order valence-corrected chi connectivity index (χ4v) is 3.56. The Bertz CT molecular complexity index is 556. The molecule has 0 spiro atoms. The van der Waals surface area contributed by atoms with Crippen molar-refractivity contribution < 1.29 is 9.59 Å². The highest BCUT2D eigenvalue weighted by Crippen LogP contribution is 2.30. The number of fused-ring (bicyclic) bond motifs is 1. The second-order valence-electron chi connectivity index (χ2n) is 5.86. The highest BCUT2D eigenvalue weighted by molar-refractivity contribution is 9.10. The van der Waals surface area contributed by atoms with Crippen LogP contribution in [-0.4, -0.2) is 23.1 Å². The summed E-state index contributed by atoms with van der Waals surface area (Å²) in [5, 5.41) is 0. The van der Waals surface area contributed by atoms with Gasteiger partial charge in [-0.25, -0.2) is 0 Å². The van der Waals surface area contributed by atoms with Crippen molar-refractivity contribution in [1.82, 2.24) is 0 Å². The van der Waals surface area contributed by atoms with Gasteiger partial charge < -0.3 is 4.90 Å². The Balaban J connectivity index is 2.13. The lowest BCUT2D eigenvalue weighted by Gasteiger charge is -2.17. The van der Waals surface area contributed by atoms with E-state index >= 15 is 0 Å². The molecular weight excluding hydrogens is 342 g/mol. The largest absolute Gasteiger partial charge is 0.312 e. The van der Waals surface area contributed by atoms with Crippen LogP contribution in [0.4, 0.5) is 5.69 Å². The molecule has 0 bridgehead atoms. The van der Waals surface area contributed by atoms with Crippen LogP contribution in [0.15, 0.2) is 18.2 Å². The van der Waals surface area contributed by atoms with Crippen molar-refractivity contribution in [2.45, 2.75) is 57.2 Å². The molecule has 1 atom stereocenters. The Kier molecular flexibility index (Phi) is 6.18. The normalized spacial score (nSPS) is 14.8. The number of alkyl halides is 1. The minimum atomic E-state index is -0.112. The van der Waals surface area contributed by atoms with E-state index in [9.17, 15) is 9.59 Å². The monoisotopic (exact) mass is 365 g/mol. The number of ketones is 1. The van der Waals surface area contributed by atoms with E-state index in [-0.39, 0.29) is 16.5 Å². The van der Waals surface area contributed by atoms with Crippen LogP contribution in [0.2, 0.25) is 0 Å². The summed E-state index contributed by atoms with van der Waals surface area (Å²) < 4.78 is 0. The van der Waals surface area contributed by atoms with E-state index in [1.54, 1.807) is 0 Å². The molecule has 0 fully saturated rings. The molecule has 1 aliphatic rings. The standard InChI is InChI=1S/C18H24BrNO2/c1-3-5-7-17(21)20-11-10-13-12-14(8-9-16(13)20)18(22)15(19)6-4-2/h8-9,12,15H,3-7,10-11H2,1-2H3. The summed E-state index contributed by atoms with van der Waals surface area (Å²) in [6.45, 7) is 4.91. The molecule has 0 N–H and O–H groups in total. The second kappa shape index (κ2) is 7.91. The number of carbonyl (C=O) groups is 2. The molecule has 120 valence electrons. The van der Waals surface area contributed by atoms with Crippen LogP contribution in [0, 0.1) is 0 Å². The number of hydrogen-bond acceptors (Lipinski definition) is 2. The molecule has 1 aromatic carbocycles. The van der Waals surface area contributed by atoms with Crippen molar-refractivity contribution in [2.24, 2.45) is 0 Å². The molecule has 0 aromatic heterocycles. The molecule has 2 rings (SSSR count). The van der Waals surface area contributed by atoms with Gasteiger partial charge in [0.05, 0.1) is 4.83 Å². The van der Waals surface area contributed by atoms with E-state index in [1.807, 2.05) is 23.1 Å². The second-order valence-corrected chi connectivity index (χ2v) is 6.97. The van der Waals surface area contributed by atoms with E-state index < -0.39 is 0 Å². The lowest BCUT2D eigenvalue weighted by Crippen LogP contribution is -2.28. The van der Waals surface area contributed by atoms with E-state index in [0.29, 0.717) is 6.42 Å². The molecule has 0 saturated carbocycles. The van der Waals surface area contributed by atoms with Crippen molar-refractivity contribution >= 4 is 33.3 Å². The number of nitrogens with zero attached hydrogens (tertiary/aromatic N) is 1. The van der Waals surface area contributed by atoms with Crippen LogP contribution in [0.3, 0.4) is 0 Å². The first kappa shape index (κ1) is 17.2. The number of benzene rings is 1. The van der Waals surface area contributed by atoms with E-state index in [0.717, 1.165) is 55.5 Å². The quantitative estimate of drug-likeness (QED) is 0.526. The van der Waals surface area contributed by atoms with Gasteiger partial charge in [-0.1, -0.05) is 42.6 Å². The number of carbonyl (C=O) groups excluding carboxylic acids is 2. The topological polar surface area (TPSA) is 37.4 Å². The zero-order valence-electron chi connectivity index (χ0n) is 13.4. The lowest BCUT2D eigenvalue weighted by atomic mass is 10.0. The first-order chi connectivity index (χ1) is 10.6. The third kappa shape index (κ3) is 3.78. The first-order valence-electron chi connectivity index (χ1n) is 8.20. The first-order valence-corrected chi connectivity index (χ1v) is 9.11. The van der Waals surface area contributed by atoms with E-state index in [1.165, 1.54) is 0 Å². The average Bonchev–Trinajstić information content (AvgIpc) is 2.95. The van der Waals surface area contributed by atoms with E-state index in [4.69, 9.17) is 0 Å². The molecule has 22 heavy (non-hydrogen) atoms. The maximum Gasteiger partial charge on any atom is 0.226 e. The summed E-state index contributed by atoms with van der Waals surface area (Å²) in [6.07, 6.45) is 5.24. The minimum Gasteiger partial charge on any atom is -0.312 e. The summed E-state index contributed by atoms with van der Waals surface area (Å²) in [6, 6.07) is 5.76. The van der Waals surface area contributed by atoms with Crippen LogP contribution in [0.5, 0.6) is 0 Å². The Morgan fingerprint density at radius 3 is 2.73 bits per heavy atom. The highest BCUT2D eigenvalue weighted by Gasteiger charge is 2.25. The zero-order chi connectivity index (χ0) is 16.1. The van der Waals surface area contributed by atoms with Crippen LogP contribution >= 0.6 is 15.9 Å². The van der Waals surface area contributed by atoms with Crippen molar-refractivity contribution in [2.75, 3.05) is 11.4 Å². The van der Waals surface area contributed by atoms with Crippen molar-refractivity contribution in [1.29, 1.82) is 0 Å². The van der Waals surface area contributed by atoms with Gasteiger partial charge in [-0.05, 0) is 43.0 Å². The van der Waals surface area contributed by atoms with Gasteiger partial charge in [0.2, 0.25) is 5.91 Å². The minimum absolute atomic E-state index is 0.112. The molecule has 1 aliphatic heterocycles. The van der Waals surface area contributed by atoms with Gasteiger partial charge in [-0.2, -0.15) is 0 Å². The van der Waals surface area contributed by atoms with Gasteiger partial charge in [-0.15, -0.1) is 0 Å². The average molecular weight is 366 g/mol. The molecule has 1 amide bonds. The molecule has 0 radical (unpaired) electrons. The number of Topliss-reactive ketones (excluding diaryl/α,β-unsaturated/α-hetero) is 1. The molecule has 1 aromatic rings. The third-order valence-electron chi connectivity index (χ3n) is 4.13. The summed E-state index contributed by atoms with van der Waals surface area (Å²) in [5.74, 6) is 0.337. The molecule has 1 unspecified atom stereocenters. The predicted molar refractivity (Wildman–Crippen MR) is 94.0 cm³/mol. The number of anilines is 1. The number of halogens is 1. The maximum absolute atomic E-state index is 12.4. The SMILES string of the molecule is CCCCC(=O)N1CCc2cc(C(=O)C(Br)CCC)ccc21. The number of unbranched alkanes of at least 4 members (excludes halogenated alkanes) is 1. The van der Waals surface area contributed by atoms with E-state index in [2.05, 4.69) is 29.8 Å². The van der Waals surface area contributed by atoms with Gasteiger partial charge in [0.15, 0.2) is 5.78 Å². The molecule has 0 aliphatic carbocycles. The van der Waals surface area contributed by atoms with Gasteiger partial charge in [-0.3, -0.25) is 9.59 Å². The molecular formula is C18H24BrNO2. The predicted octanol–water partition coefficient (Wildman–Crippen LogP) is 4.51. The third-order valence-corrected chi connectivity index (χ3v) is 5.01. The fraction of sp³-hybridized carbons (Fsp3) is 0.556. The van der Waals surface area contributed by atoms with Crippen LogP contribution in [0.1, 0.15) is 61.9 Å². The summed E-state index contributed by atoms with van der Waals surface area (Å²) >= 11 is 3.47. The molecule has 3 nitrogen and oxygen atoms in total. The van der Waals surface area contributed by atoms with Crippen LogP contribution in [-0.2, 0) is 11.2 Å². The molecule has 4 heteroatoms. The summed E-state index contributed by atoms with van der Waals surface area (Å²) in [7, 11) is 0. The van der Waals surface area contributed by atoms with Crippen molar-refractivity contribution in [3.63, 3.8) is 0 Å². The van der Waals surface area contributed by atoms with Gasteiger partial charge in [0.1, 0.15) is 0 Å². The van der Waals surface area contributed by atoms with Gasteiger partial charge in [0, 0.05) is 24.2 Å². The Hall–Kier alpha value is -1.16. The molecule has 1 heterocycles. The van der Waals surface area contributed by atoms with Crippen molar-refractivity contribution in [3.8, 4) is 0 Å². The zero-order valence-corrected chi connectivity index (χ0v) is 15.0. The lowest BCUT2D eigenvalue weighted by molar-refractivity contribution is -0.118. The Morgan fingerprint density at radius 2 is 2.05 bits per heavy atom. The number of rotatable bonds is 7. The van der Waals surface area contributed by atoms with Crippen LogP contribution < -0.4 is 4.90 Å². The van der Waals surface area contributed by atoms with Gasteiger partial charge >= 0.3 is 0 Å².